The van der Waals surface area contributed by atoms with Crippen molar-refractivity contribution in [3.05, 3.63) is 18.2 Å². The van der Waals surface area contributed by atoms with Gasteiger partial charge in [-0.3, -0.25) is 10.3 Å². The highest BCUT2D eigenvalue weighted by Crippen LogP contribution is 2.29. The van der Waals surface area contributed by atoms with Gasteiger partial charge in [0.15, 0.2) is 17.5 Å². The Balaban J connectivity index is 0.00000324. The molecule has 106 valence electrons. The van der Waals surface area contributed by atoms with Gasteiger partial charge in [0.25, 0.3) is 0 Å². The summed E-state index contributed by atoms with van der Waals surface area (Å²) in [7, 11) is 4.53. The zero-order valence-electron chi connectivity index (χ0n) is 10.9. The molecule has 19 heavy (non-hydrogen) atoms. The van der Waals surface area contributed by atoms with E-state index in [2.05, 4.69) is 15.6 Å². The Labute approximate surface area is 117 Å². The van der Waals surface area contributed by atoms with Gasteiger partial charge in [0, 0.05) is 18.8 Å². The molecule has 1 rings (SSSR count). The molecule has 8 heteroatoms. The van der Waals surface area contributed by atoms with Gasteiger partial charge in [-0.1, -0.05) is 0 Å². The third-order valence-electron chi connectivity index (χ3n) is 2.12. The predicted molar refractivity (Wildman–Crippen MR) is 76.5 cm³/mol. The van der Waals surface area contributed by atoms with E-state index in [1.165, 1.54) is 21.3 Å². The third kappa shape index (κ3) is 4.92. The number of ether oxygens (including phenoxy) is 2. The first-order chi connectivity index (χ1) is 8.60. The molecule has 0 saturated heterocycles. The van der Waals surface area contributed by atoms with E-state index < -0.39 is 6.03 Å². The van der Waals surface area contributed by atoms with Gasteiger partial charge < -0.3 is 20.5 Å². The summed E-state index contributed by atoms with van der Waals surface area (Å²) in [5.74, 6) is 1.14. The number of anilines is 1. The second-order valence-corrected chi connectivity index (χ2v) is 3.26. The number of carbonyl (C=O) groups excluding carboxylic acids is 1. The SMILES string of the molecule is CN=C(N)NC(=O)Nc1ccc(OC)c(OC)c1.Cl. The molecule has 1 aromatic carbocycles. The van der Waals surface area contributed by atoms with Crippen LogP contribution in [0, 0.1) is 0 Å². The van der Waals surface area contributed by atoms with E-state index in [0.29, 0.717) is 17.2 Å². The van der Waals surface area contributed by atoms with Gasteiger partial charge in [0.05, 0.1) is 14.2 Å². The first-order valence-electron chi connectivity index (χ1n) is 5.13. The molecule has 1 aromatic rings. The summed E-state index contributed by atoms with van der Waals surface area (Å²) in [6, 6.07) is 4.52. The number of carbonyl (C=O) groups is 1. The van der Waals surface area contributed by atoms with Crippen molar-refractivity contribution in [2.75, 3.05) is 26.6 Å². The number of nitrogens with two attached hydrogens (primary N) is 1. The Hall–Kier alpha value is -2.15. The monoisotopic (exact) mass is 288 g/mol. The molecule has 0 aliphatic rings. The summed E-state index contributed by atoms with van der Waals surface area (Å²) in [5, 5.41) is 4.94. The molecule has 2 amide bonds. The molecule has 0 saturated carbocycles. The number of halogens is 1. The van der Waals surface area contributed by atoms with Crippen LogP contribution in [0.3, 0.4) is 0 Å². The molecule has 0 aliphatic heterocycles. The lowest BCUT2D eigenvalue weighted by Crippen LogP contribution is -2.39. The summed E-state index contributed by atoms with van der Waals surface area (Å²) in [6.45, 7) is 0. The van der Waals surface area contributed by atoms with Gasteiger partial charge in [-0.15, -0.1) is 12.4 Å². The van der Waals surface area contributed by atoms with Crippen LogP contribution >= 0.6 is 12.4 Å². The Bertz CT molecular complexity index is 465. The number of hydrogen-bond acceptors (Lipinski definition) is 4. The molecular formula is C11H17ClN4O3. The molecule has 4 N–H and O–H groups in total. The number of nitrogens with one attached hydrogen (secondary N) is 2. The van der Waals surface area contributed by atoms with Gasteiger partial charge >= 0.3 is 6.03 Å². The van der Waals surface area contributed by atoms with E-state index in [0.717, 1.165) is 0 Å². The van der Waals surface area contributed by atoms with E-state index in [1.54, 1.807) is 18.2 Å². The first kappa shape index (κ1) is 16.9. The molecule has 0 spiro atoms. The topological polar surface area (TPSA) is 98.0 Å². The number of methoxy groups -OCH3 is 2. The van der Waals surface area contributed by atoms with Crippen LogP contribution in [-0.2, 0) is 0 Å². The highest BCUT2D eigenvalue weighted by molar-refractivity contribution is 6.01. The Morgan fingerprint density at radius 1 is 1.26 bits per heavy atom. The van der Waals surface area contributed by atoms with E-state index in [1.807, 2.05) is 0 Å². The minimum atomic E-state index is -0.481. The second kappa shape index (κ2) is 8.04. The fourth-order valence-corrected chi connectivity index (χ4v) is 1.25. The number of hydrogen-bond donors (Lipinski definition) is 3. The molecule has 0 bridgehead atoms. The summed E-state index contributed by atoms with van der Waals surface area (Å²) >= 11 is 0. The van der Waals surface area contributed by atoms with Crippen molar-refractivity contribution in [3.63, 3.8) is 0 Å². The highest BCUT2D eigenvalue weighted by atomic mass is 35.5. The summed E-state index contributed by atoms with van der Waals surface area (Å²) in [4.78, 5) is 15.1. The number of aliphatic imine (C=N–C) groups is 1. The maximum Gasteiger partial charge on any atom is 0.325 e. The average molecular weight is 289 g/mol. The van der Waals surface area contributed by atoms with Crippen LogP contribution in [0.25, 0.3) is 0 Å². The highest BCUT2D eigenvalue weighted by Gasteiger charge is 2.07. The van der Waals surface area contributed by atoms with Gasteiger partial charge in [0.1, 0.15) is 0 Å². The molecule has 0 aromatic heterocycles. The number of guanidine groups is 1. The molecule has 0 heterocycles. The summed E-state index contributed by atoms with van der Waals surface area (Å²) < 4.78 is 10.2. The molecule has 0 radical (unpaired) electrons. The summed E-state index contributed by atoms with van der Waals surface area (Å²) in [6.07, 6.45) is 0. The Morgan fingerprint density at radius 3 is 2.42 bits per heavy atom. The second-order valence-electron chi connectivity index (χ2n) is 3.26. The zero-order chi connectivity index (χ0) is 13.5. The van der Waals surface area contributed by atoms with Crippen LogP contribution in [0.2, 0.25) is 0 Å². The quantitative estimate of drug-likeness (QED) is 0.575. The smallest absolute Gasteiger partial charge is 0.325 e. The van der Waals surface area contributed by atoms with Crippen molar-refractivity contribution in [1.82, 2.24) is 5.32 Å². The number of amides is 2. The maximum absolute atomic E-state index is 11.5. The molecule has 0 atom stereocenters. The fraction of sp³-hybridized carbons (Fsp3) is 0.273. The van der Waals surface area contributed by atoms with Crippen molar-refractivity contribution in [1.29, 1.82) is 0 Å². The number of nitrogens with zero attached hydrogens (tertiary/aromatic N) is 1. The number of urea groups is 1. The molecule has 0 aliphatic carbocycles. The van der Waals surface area contributed by atoms with Crippen LogP contribution in [0.15, 0.2) is 23.2 Å². The van der Waals surface area contributed by atoms with Crippen molar-refractivity contribution < 1.29 is 14.3 Å². The van der Waals surface area contributed by atoms with Crippen LogP contribution < -0.4 is 25.8 Å². The Kier molecular flexibility index (Phi) is 7.13. The molecule has 0 fully saturated rings. The number of rotatable bonds is 3. The average Bonchev–Trinajstić information content (AvgIpc) is 2.38. The van der Waals surface area contributed by atoms with Gasteiger partial charge in [0.2, 0.25) is 0 Å². The van der Waals surface area contributed by atoms with E-state index in [-0.39, 0.29) is 18.4 Å². The van der Waals surface area contributed by atoms with Crippen molar-refractivity contribution in [3.8, 4) is 11.5 Å². The van der Waals surface area contributed by atoms with E-state index in [4.69, 9.17) is 15.2 Å². The standard InChI is InChI=1S/C11H16N4O3.ClH/c1-13-10(12)15-11(16)14-7-4-5-8(17-2)9(6-7)18-3;/h4-6H,1-3H3,(H4,12,13,14,15,16);1H. The van der Waals surface area contributed by atoms with E-state index >= 15 is 0 Å². The fourth-order valence-electron chi connectivity index (χ4n) is 1.25. The van der Waals surface area contributed by atoms with Crippen LogP contribution in [0.1, 0.15) is 0 Å². The van der Waals surface area contributed by atoms with E-state index in [9.17, 15) is 4.79 Å². The van der Waals surface area contributed by atoms with Crippen LogP contribution in [0.4, 0.5) is 10.5 Å². The summed E-state index contributed by atoms with van der Waals surface area (Å²) in [5.41, 5.74) is 5.91. The predicted octanol–water partition coefficient (Wildman–Crippen LogP) is 1.19. The maximum atomic E-state index is 11.5. The number of benzene rings is 1. The normalized spacial score (nSPS) is 10.2. The van der Waals surface area contributed by atoms with Crippen molar-refractivity contribution in [2.45, 2.75) is 0 Å². The first-order valence-corrected chi connectivity index (χ1v) is 5.13. The van der Waals surface area contributed by atoms with Crippen molar-refractivity contribution in [2.24, 2.45) is 10.7 Å². The minimum absolute atomic E-state index is 0. The molecule has 0 unspecified atom stereocenters. The van der Waals surface area contributed by atoms with Crippen LogP contribution in [-0.4, -0.2) is 33.3 Å². The lowest BCUT2D eigenvalue weighted by molar-refractivity contribution is 0.256. The Morgan fingerprint density at radius 2 is 1.89 bits per heavy atom. The van der Waals surface area contributed by atoms with Gasteiger partial charge in [-0.2, -0.15) is 0 Å². The molecular weight excluding hydrogens is 272 g/mol. The van der Waals surface area contributed by atoms with Crippen molar-refractivity contribution >= 4 is 30.1 Å². The third-order valence-corrected chi connectivity index (χ3v) is 2.12. The molecule has 7 nitrogen and oxygen atoms in total. The zero-order valence-corrected chi connectivity index (χ0v) is 11.7. The lowest BCUT2D eigenvalue weighted by atomic mass is 10.3. The van der Waals surface area contributed by atoms with Gasteiger partial charge in [-0.25, -0.2) is 4.79 Å². The van der Waals surface area contributed by atoms with Crippen LogP contribution in [0.5, 0.6) is 11.5 Å². The largest absolute Gasteiger partial charge is 0.493 e. The van der Waals surface area contributed by atoms with Gasteiger partial charge in [-0.05, 0) is 12.1 Å². The minimum Gasteiger partial charge on any atom is -0.493 e. The lowest BCUT2D eigenvalue weighted by Gasteiger charge is -2.10.